The Morgan fingerprint density at radius 3 is 1.34 bits per heavy atom. The van der Waals surface area contributed by atoms with Crippen molar-refractivity contribution < 1.29 is 8.83 Å². The van der Waals surface area contributed by atoms with Crippen LogP contribution in [0.3, 0.4) is 0 Å². The van der Waals surface area contributed by atoms with Crippen LogP contribution in [0, 0.1) is 0 Å². The molecule has 0 aliphatic heterocycles. The first kappa shape index (κ1) is 41.8. The lowest BCUT2D eigenvalue weighted by Gasteiger charge is -2.14. The molecule has 330 valence electrons. The lowest BCUT2D eigenvalue weighted by atomic mass is 9.89. The SMILES string of the molecule is Clc1cc(-c2ccccc2)ccc1-c1cccc2oc3c(-c4ccc(-c5ccc(-c6ccc(-c7ccc(-c8ccccc8)c8oc9ccccc9c78)c(Cl)c6)cc5)c(-c5ccccc5)c4)cccc3c12. The molecular weight excluding hydrogens is 896 g/mol. The molecule has 2 aromatic heterocycles. The van der Waals surface area contributed by atoms with Gasteiger partial charge in [0.05, 0.1) is 0 Å². The monoisotopic (exact) mass is 934 g/mol. The molecule has 70 heavy (non-hydrogen) atoms. The first-order chi connectivity index (χ1) is 34.5. The Kier molecular flexibility index (Phi) is 10.3. The molecule has 0 amide bonds. The van der Waals surface area contributed by atoms with E-state index in [1.807, 2.05) is 48.5 Å². The zero-order chi connectivity index (χ0) is 46.7. The van der Waals surface area contributed by atoms with Gasteiger partial charge in [0, 0.05) is 53.8 Å². The highest BCUT2D eigenvalue weighted by Gasteiger charge is 2.21. The van der Waals surface area contributed by atoms with Crippen LogP contribution in [0.2, 0.25) is 10.0 Å². The number of hydrogen-bond acceptors (Lipinski definition) is 2. The molecule has 2 heterocycles. The molecule has 0 saturated heterocycles. The molecule has 13 rings (SSSR count). The van der Waals surface area contributed by atoms with Gasteiger partial charge < -0.3 is 8.83 Å². The van der Waals surface area contributed by atoms with Gasteiger partial charge in [-0.05, 0) is 103 Å². The predicted molar refractivity (Wildman–Crippen MR) is 295 cm³/mol. The average Bonchev–Trinajstić information content (AvgIpc) is 4.01. The number of halogens is 2. The summed E-state index contributed by atoms with van der Waals surface area (Å²) in [4.78, 5) is 0. The molecule has 0 spiro atoms. The van der Waals surface area contributed by atoms with Gasteiger partial charge in [0.2, 0.25) is 0 Å². The van der Waals surface area contributed by atoms with Crippen molar-refractivity contribution in [2.75, 3.05) is 0 Å². The summed E-state index contributed by atoms with van der Waals surface area (Å²) in [7, 11) is 0. The standard InChI is InChI=1S/C66H40Cl2O2/c67-59-39-46(41-14-4-1-5-15-41)30-34-52(59)54-22-13-25-62-63(54)57-23-12-21-50(65(57)70-62)48-32-33-49(58(38-48)44-18-8-3-9-19-44)45-28-26-42(27-29-45)47-31-35-53(60(68)40-47)55-37-36-51(43-16-6-2-7-17-43)66-64(55)56-20-10-11-24-61(56)69-66/h1-40H. The van der Waals surface area contributed by atoms with Crippen molar-refractivity contribution >= 4 is 67.1 Å². The van der Waals surface area contributed by atoms with Crippen molar-refractivity contribution in [1.82, 2.24) is 0 Å². The highest BCUT2D eigenvalue weighted by atomic mass is 35.5. The molecular formula is C66H40Cl2O2. The van der Waals surface area contributed by atoms with Crippen molar-refractivity contribution in [2.45, 2.75) is 0 Å². The fourth-order valence-electron chi connectivity index (χ4n) is 10.3. The zero-order valence-corrected chi connectivity index (χ0v) is 39.2. The second kappa shape index (κ2) is 17.3. The van der Waals surface area contributed by atoms with Crippen molar-refractivity contribution in [3.8, 4) is 89.0 Å². The van der Waals surface area contributed by atoms with E-state index >= 15 is 0 Å². The van der Waals surface area contributed by atoms with E-state index in [2.05, 4.69) is 194 Å². The molecule has 4 heteroatoms. The van der Waals surface area contributed by atoms with Gasteiger partial charge in [-0.2, -0.15) is 0 Å². The maximum atomic E-state index is 7.25. The van der Waals surface area contributed by atoms with Crippen molar-refractivity contribution in [2.24, 2.45) is 0 Å². The van der Waals surface area contributed by atoms with E-state index in [0.29, 0.717) is 10.0 Å². The van der Waals surface area contributed by atoms with Gasteiger partial charge in [-0.3, -0.25) is 0 Å². The summed E-state index contributed by atoms with van der Waals surface area (Å²) >= 11 is 14.3. The van der Waals surface area contributed by atoms with Crippen LogP contribution < -0.4 is 0 Å². The van der Waals surface area contributed by atoms with Gasteiger partial charge in [-0.15, -0.1) is 0 Å². The van der Waals surface area contributed by atoms with Gasteiger partial charge in [-0.1, -0.05) is 229 Å². The Morgan fingerprint density at radius 2 is 0.657 bits per heavy atom. The lowest BCUT2D eigenvalue weighted by molar-refractivity contribution is 0.669. The molecule has 0 N–H and O–H groups in total. The minimum atomic E-state index is 0.680. The van der Waals surface area contributed by atoms with Crippen LogP contribution in [0.1, 0.15) is 0 Å². The second-order valence-corrected chi connectivity index (χ2v) is 18.6. The molecule has 2 nitrogen and oxygen atoms in total. The molecule has 11 aromatic carbocycles. The summed E-state index contributed by atoms with van der Waals surface area (Å²) in [5.41, 5.74) is 20.5. The maximum Gasteiger partial charge on any atom is 0.143 e. The number of rotatable bonds is 8. The minimum absolute atomic E-state index is 0.680. The highest BCUT2D eigenvalue weighted by Crippen LogP contribution is 2.46. The van der Waals surface area contributed by atoms with Gasteiger partial charge in [0.25, 0.3) is 0 Å². The van der Waals surface area contributed by atoms with Crippen LogP contribution in [-0.2, 0) is 0 Å². The number of furan rings is 2. The topological polar surface area (TPSA) is 26.3 Å². The summed E-state index contributed by atoms with van der Waals surface area (Å²) in [6.07, 6.45) is 0. The summed E-state index contributed by atoms with van der Waals surface area (Å²) in [5, 5.41) is 5.60. The molecule has 0 saturated carbocycles. The van der Waals surface area contributed by atoms with E-state index in [-0.39, 0.29) is 0 Å². The first-order valence-corrected chi connectivity index (χ1v) is 24.2. The third-order valence-corrected chi connectivity index (χ3v) is 14.3. The summed E-state index contributed by atoms with van der Waals surface area (Å²) in [6, 6.07) is 84.8. The molecule has 0 aliphatic carbocycles. The number of fused-ring (bicyclic) bond motifs is 6. The van der Waals surface area contributed by atoms with Crippen LogP contribution in [-0.4, -0.2) is 0 Å². The quantitative estimate of drug-likeness (QED) is 0.152. The molecule has 0 atom stereocenters. The first-order valence-electron chi connectivity index (χ1n) is 23.4. The Bertz CT molecular complexity index is 4110. The van der Waals surface area contributed by atoms with E-state index in [1.165, 1.54) is 0 Å². The Labute approximate surface area is 415 Å². The highest BCUT2D eigenvalue weighted by molar-refractivity contribution is 6.35. The second-order valence-electron chi connectivity index (χ2n) is 17.8. The average molecular weight is 936 g/mol. The van der Waals surface area contributed by atoms with Gasteiger partial charge in [0.1, 0.15) is 22.3 Å². The van der Waals surface area contributed by atoms with Crippen LogP contribution in [0.15, 0.2) is 251 Å². The van der Waals surface area contributed by atoms with Crippen molar-refractivity contribution in [1.29, 1.82) is 0 Å². The summed E-state index contributed by atoms with van der Waals surface area (Å²) in [5.74, 6) is 0. The lowest BCUT2D eigenvalue weighted by Crippen LogP contribution is -1.89. The van der Waals surface area contributed by atoms with Crippen LogP contribution in [0.4, 0.5) is 0 Å². The van der Waals surface area contributed by atoms with Crippen molar-refractivity contribution in [3.63, 3.8) is 0 Å². The van der Waals surface area contributed by atoms with Gasteiger partial charge in [-0.25, -0.2) is 0 Å². The van der Waals surface area contributed by atoms with Crippen LogP contribution in [0.25, 0.3) is 133 Å². The Morgan fingerprint density at radius 1 is 0.229 bits per heavy atom. The largest absolute Gasteiger partial charge is 0.455 e. The number of hydrogen-bond donors (Lipinski definition) is 0. The van der Waals surface area contributed by atoms with E-state index in [4.69, 9.17) is 32.0 Å². The van der Waals surface area contributed by atoms with Gasteiger partial charge in [0.15, 0.2) is 0 Å². The Hall–Kier alpha value is -8.40. The fourth-order valence-corrected chi connectivity index (χ4v) is 10.9. The third-order valence-electron chi connectivity index (χ3n) is 13.7. The van der Waals surface area contributed by atoms with E-state index in [1.54, 1.807) is 0 Å². The van der Waals surface area contributed by atoms with Gasteiger partial charge >= 0.3 is 0 Å². The van der Waals surface area contributed by atoms with E-state index in [9.17, 15) is 0 Å². The molecule has 0 unspecified atom stereocenters. The number of benzene rings is 11. The third kappa shape index (κ3) is 7.20. The summed E-state index contributed by atoms with van der Waals surface area (Å²) < 4.78 is 13.3. The summed E-state index contributed by atoms with van der Waals surface area (Å²) in [6.45, 7) is 0. The molecule has 0 fully saturated rings. The number of para-hydroxylation sites is 2. The Balaban J connectivity index is 0.851. The minimum Gasteiger partial charge on any atom is -0.455 e. The van der Waals surface area contributed by atoms with Crippen molar-refractivity contribution in [3.05, 3.63) is 253 Å². The maximum absolute atomic E-state index is 7.25. The molecule has 0 bridgehead atoms. The van der Waals surface area contributed by atoms with Crippen LogP contribution in [0.5, 0.6) is 0 Å². The van der Waals surface area contributed by atoms with E-state index in [0.717, 1.165) is 133 Å². The van der Waals surface area contributed by atoms with E-state index < -0.39 is 0 Å². The zero-order valence-electron chi connectivity index (χ0n) is 37.7. The normalized spacial score (nSPS) is 11.6. The van der Waals surface area contributed by atoms with Crippen LogP contribution >= 0.6 is 23.2 Å². The predicted octanol–water partition coefficient (Wildman–Crippen LogP) is 20.1. The fraction of sp³-hybridized carbons (Fsp3) is 0. The smallest absolute Gasteiger partial charge is 0.143 e. The molecule has 13 aromatic rings. The molecule has 0 radical (unpaired) electrons. The molecule has 0 aliphatic rings.